The van der Waals surface area contributed by atoms with Crippen molar-refractivity contribution in [2.24, 2.45) is 5.11 Å². The van der Waals surface area contributed by atoms with Crippen LogP contribution in [-0.4, -0.2) is 26.7 Å². The topological polar surface area (TPSA) is 101 Å². The number of hydrogen-bond donors (Lipinski definition) is 0. The summed E-state index contributed by atoms with van der Waals surface area (Å²) in [6.07, 6.45) is 0.723. The van der Waals surface area contributed by atoms with E-state index in [9.17, 15) is 8.42 Å². The molecular weight excluding hydrogens is 210 g/mol. The molecule has 1 aliphatic heterocycles. The Bertz CT molecular complexity index is 375. The van der Waals surface area contributed by atoms with Crippen LogP contribution in [0.1, 0.15) is 19.3 Å². The van der Waals surface area contributed by atoms with Crippen LogP contribution in [0.25, 0.3) is 10.4 Å². The molecule has 0 aromatic rings. The Balaban J connectivity index is 2.08. The lowest BCUT2D eigenvalue weighted by molar-refractivity contribution is 0.101. The standard InChI is InChI=1S/C6H9N3O4S/c7-9-8-4-1-2-5-6(3-4)13-14(10,11)12-5/h4-6H,1-3H2/t4-,5-,6+/m0/s1. The van der Waals surface area contributed by atoms with E-state index in [-0.39, 0.29) is 6.04 Å². The lowest BCUT2D eigenvalue weighted by Crippen LogP contribution is -2.32. The zero-order valence-electron chi connectivity index (χ0n) is 7.24. The van der Waals surface area contributed by atoms with E-state index in [0.29, 0.717) is 19.3 Å². The minimum Gasteiger partial charge on any atom is -0.242 e. The van der Waals surface area contributed by atoms with Crippen molar-refractivity contribution in [3.63, 3.8) is 0 Å². The van der Waals surface area contributed by atoms with Gasteiger partial charge in [0, 0.05) is 11.0 Å². The van der Waals surface area contributed by atoms with Crippen LogP contribution < -0.4 is 0 Å². The third kappa shape index (κ3) is 1.83. The number of nitrogens with zero attached hydrogens (tertiary/aromatic N) is 3. The van der Waals surface area contributed by atoms with Crippen molar-refractivity contribution in [1.29, 1.82) is 0 Å². The summed E-state index contributed by atoms with van der Waals surface area (Å²) >= 11 is 0. The summed E-state index contributed by atoms with van der Waals surface area (Å²) in [5, 5.41) is 3.54. The minimum atomic E-state index is -3.80. The van der Waals surface area contributed by atoms with E-state index in [0.717, 1.165) is 0 Å². The molecule has 8 heteroatoms. The molecular formula is C6H9N3O4S. The third-order valence-electron chi connectivity index (χ3n) is 2.40. The van der Waals surface area contributed by atoms with Crippen molar-refractivity contribution in [2.75, 3.05) is 0 Å². The molecule has 1 aliphatic carbocycles. The fourth-order valence-electron chi connectivity index (χ4n) is 1.79. The van der Waals surface area contributed by atoms with Crippen LogP contribution in [0, 0.1) is 0 Å². The first-order valence-corrected chi connectivity index (χ1v) is 5.60. The highest BCUT2D eigenvalue weighted by molar-refractivity contribution is 7.82. The maximum absolute atomic E-state index is 10.9. The number of rotatable bonds is 1. The molecule has 78 valence electrons. The second-order valence-electron chi connectivity index (χ2n) is 3.35. The molecule has 3 atom stereocenters. The Morgan fingerprint density at radius 1 is 1.29 bits per heavy atom. The van der Waals surface area contributed by atoms with Gasteiger partial charge in [-0.2, -0.15) is 8.42 Å². The number of azide groups is 1. The molecule has 0 amide bonds. The van der Waals surface area contributed by atoms with Crippen LogP contribution in [0.3, 0.4) is 0 Å². The second-order valence-corrected chi connectivity index (χ2v) is 4.55. The van der Waals surface area contributed by atoms with E-state index in [1.165, 1.54) is 0 Å². The molecule has 1 saturated heterocycles. The molecule has 0 N–H and O–H groups in total. The van der Waals surface area contributed by atoms with Gasteiger partial charge < -0.3 is 0 Å². The van der Waals surface area contributed by atoms with E-state index in [4.69, 9.17) is 13.9 Å². The van der Waals surface area contributed by atoms with Gasteiger partial charge >= 0.3 is 10.4 Å². The summed E-state index contributed by atoms with van der Waals surface area (Å²) in [6, 6.07) is -0.182. The Kier molecular flexibility index (Phi) is 2.36. The predicted molar refractivity (Wildman–Crippen MR) is 45.5 cm³/mol. The number of hydrogen-bond acceptors (Lipinski definition) is 5. The Hall–Kier alpha value is -0.820. The summed E-state index contributed by atoms with van der Waals surface area (Å²) < 4.78 is 31.2. The number of fused-ring (bicyclic) bond motifs is 1. The Labute approximate surface area is 81.0 Å². The third-order valence-corrected chi connectivity index (χ3v) is 3.37. The van der Waals surface area contributed by atoms with E-state index < -0.39 is 22.6 Å². The molecule has 0 aromatic carbocycles. The molecule has 2 fully saturated rings. The fourth-order valence-corrected chi connectivity index (χ4v) is 2.87. The van der Waals surface area contributed by atoms with Gasteiger partial charge in [-0.1, -0.05) is 5.11 Å². The average Bonchev–Trinajstić information content (AvgIpc) is 2.38. The fraction of sp³-hybridized carbons (Fsp3) is 1.00. The van der Waals surface area contributed by atoms with Gasteiger partial charge in [0.2, 0.25) is 0 Å². The molecule has 2 rings (SSSR count). The highest BCUT2D eigenvalue weighted by Gasteiger charge is 2.43. The van der Waals surface area contributed by atoms with Crippen LogP contribution in [-0.2, 0) is 18.8 Å². The van der Waals surface area contributed by atoms with E-state index in [1.54, 1.807) is 0 Å². The van der Waals surface area contributed by atoms with Crippen LogP contribution in [0.4, 0.5) is 0 Å². The van der Waals surface area contributed by atoms with Crippen LogP contribution in [0.15, 0.2) is 5.11 Å². The first-order valence-electron chi connectivity index (χ1n) is 4.26. The highest BCUT2D eigenvalue weighted by atomic mass is 32.3. The summed E-state index contributed by atoms with van der Waals surface area (Å²) in [4.78, 5) is 2.69. The summed E-state index contributed by atoms with van der Waals surface area (Å²) in [5.41, 5.74) is 8.23. The van der Waals surface area contributed by atoms with Crippen molar-refractivity contribution >= 4 is 10.4 Å². The van der Waals surface area contributed by atoms with Crippen molar-refractivity contribution in [2.45, 2.75) is 37.5 Å². The van der Waals surface area contributed by atoms with Crippen molar-refractivity contribution in [3.8, 4) is 0 Å². The smallest absolute Gasteiger partial charge is 0.242 e. The van der Waals surface area contributed by atoms with Gasteiger partial charge in [-0.05, 0) is 24.8 Å². The molecule has 0 spiro atoms. The molecule has 0 unspecified atom stereocenters. The second kappa shape index (κ2) is 3.39. The van der Waals surface area contributed by atoms with Crippen LogP contribution in [0.5, 0.6) is 0 Å². The van der Waals surface area contributed by atoms with Gasteiger partial charge in [0.1, 0.15) is 12.2 Å². The monoisotopic (exact) mass is 219 g/mol. The highest BCUT2D eigenvalue weighted by Crippen LogP contribution is 2.33. The van der Waals surface area contributed by atoms with E-state index in [1.807, 2.05) is 0 Å². The van der Waals surface area contributed by atoms with Crippen LogP contribution in [0.2, 0.25) is 0 Å². The molecule has 0 radical (unpaired) electrons. The largest absolute Gasteiger partial charge is 0.400 e. The lowest BCUT2D eigenvalue weighted by atomic mass is 9.91. The molecule has 0 aromatic heterocycles. The Morgan fingerprint density at radius 2 is 2.00 bits per heavy atom. The first kappa shape index (κ1) is 9.72. The van der Waals surface area contributed by atoms with Crippen molar-refractivity contribution in [1.82, 2.24) is 0 Å². The minimum absolute atomic E-state index is 0.182. The maximum Gasteiger partial charge on any atom is 0.400 e. The zero-order chi connectivity index (χ0) is 10.2. The molecule has 7 nitrogen and oxygen atoms in total. The summed E-state index contributed by atoms with van der Waals surface area (Å²) in [5.74, 6) is 0. The molecule has 2 aliphatic rings. The molecule has 14 heavy (non-hydrogen) atoms. The molecule has 0 bridgehead atoms. The lowest BCUT2D eigenvalue weighted by Gasteiger charge is -2.24. The summed E-state index contributed by atoms with van der Waals surface area (Å²) in [6.45, 7) is 0. The van der Waals surface area contributed by atoms with Crippen molar-refractivity contribution in [3.05, 3.63) is 10.4 Å². The zero-order valence-corrected chi connectivity index (χ0v) is 8.05. The van der Waals surface area contributed by atoms with Gasteiger partial charge in [0.25, 0.3) is 0 Å². The van der Waals surface area contributed by atoms with E-state index >= 15 is 0 Å². The first-order chi connectivity index (χ1) is 6.61. The maximum atomic E-state index is 10.9. The van der Waals surface area contributed by atoms with Crippen LogP contribution >= 0.6 is 0 Å². The van der Waals surface area contributed by atoms with Gasteiger partial charge in [0.05, 0.1) is 0 Å². The average molecular weight is 219 g/mol. The van der Waals surface area contributed by atoms with Gasteiger partial charge in [-0.3, -0.25) is 0 Å². The molecule has 1 heterocycles. The Morgan fingerprint density at radius 3 is 2.71 bits per heavy atom. The summed E-state index contributed by atoms with van der Waals surface area (Å²) in [7, 11) is -3.80. The van der Waals surface area contributed by atoms with E-state index in [2.05, 4.69) is 10.0 Å². The van der Waals surface area contributed by atoms with Gasteiger partial charge in [0.15, 0.2) is 0 Å². The normalized spacial score (nSPS) is 39.9. The van der Waals surface area contributed by atoms with Crippen molar-refractivity contribution < 1.29 is 16.8 Å². The molecule has 1 saturated carbocycles. The predicted octanol–water partition coefficient (Wildman–Crippen LogP) is 0.878. The van der Waals surface area contributed by atoms with Gasteiger partial charge in [-0.25, -0.2) is 8.37 Å². The SMILES string of the molecule is [N-]=[N+]=N[C@H]1CC[C@@H]2OS(=O)(=O)O[C@@H]2C1. The van der Waals surface area contributed by atoms with Gasteiger partial charge in [-0.15, -0.1) is 0 Å². The quantitative estimate of drug-likeness (QED) is 0.371.